The van der Waals surface area contributed by atoms with E-state index >= 15 is 0 Å². The second kappa shape index (κ2) is 7.55. The molecule has 7 nitrogen and oxygen atoms in total. The summed E-state index contributed by atoms with van der Waals surface area (Å²) in [4.78, 5) is 33.9. The highest BCUT2D eigenvalue weighted by Crippen LogP contribution is 2.36. The first-order valence-corrected chi connectivity index (χ1v) is 10.7. The van der Waals surface area contributed by atoms with Gasteiger partial charge in [0.1, 0.15) is 0 Å². The zero-order valence-electron chi connectivity index (χ0n) is 17.4. The standard InChI is InChI=1S/C23H26N6O/c1-15-12-17-8-4-5-9-20(17)29(15)23-26-19(13-21(30)27-23)18-14-24-22(25-16(18)2)28-10-6-3-7-11-28/h4-5,8-9,13-15H,3,6-7,10-12H2,1-2H3,(H,26,27,30)/t15-/m0/s1. The smallest absolute Gasteiger partial charge is 0.252 e. The summed E-state index contributed by atoms with van der Waals surface area (Å²) in [6, 6.07) is 10.0. The number of H-pyrrole nitrogens is 1. The van der Waals surface area contributed by atoms with Gasteiger partial charge < -0.3 is 9.80 Å². The summed E-state index contributed by atoms with van der Waals surface area (Å²) < 4.78 is 0. The Hall–Kier alpha value is -3.22. The maximum atomic E-state index is 12.5. The van der Waals surface area contributed by atoms with Crippen molar-refractivity contribution in [3.63, 3.8) is 0 Å². The minimum absolute atomic E-state index is 0.175. The van der Waals surface area contributed by atoms with Gasteiger partial charge in [0.25, 0.3) is 5.56 Å². The fraction of sp³-hybridized carbons (Fsp3) is 0.391. The van der Waals surface area contributed by atoms with E-state index in [9.17, 15) is 4.79 Å². The third kappa shape index (κ3) is 3.34. The first kappa shape index (κ1) is 18.8. The average Bonchev–Trinajstić information content (AvgIpc) is 3.09. The summed E-state index contributed by atoms with van der Waals surface area (Å²) >= 11 is 0. The van der Waals surface area contributed by atoms with Crippen molar-refractivity contribution in [2.75, 3.05) is 22.9 Å². The van der Waals surface area contributed by atoms with Gasteiger partial charge in [-0.25, -0.2) is 15.0 Å². The molecule has 4 heterocycles. The number of hydrogen-bond donors (Lipinski definition) is 1. The number of para-hydroxylation sites is 1. The molecule has 0 aliphatic carbocycles. The highest BCUT2D eigenvalue weighted by atomic mass is 16.1. The van der Waals surface area contributed by atoms with Crippen LogP contribution in [0.3, 0.4) is 0 Å². The Bertz CT molecular complexity index is 1130. The fourth-order valence-electron chi connectivity index (χ4n) is 4.54. The Morgan fingerprint density at radius 1 is 1.10 bits per heavy atom. The number of aromatic amines is 1. The third-order valence-electron chi connectivity index (χ3n) is 6.05. The highest BCUT2D eigenvalue weighted by Gasteiger charge is 2.29. The number of nitrogens with zero attached hydrogens (tertiary/aromatic N) is 5. The molecule has 5 rings (SSSR count). The Morgan fingerprint density at radius 2 is 1.90 bits per heavy atom. The number of aromatic nitrogens is 4. The Morgan fingerprint density at radius 3 is 2.70 bits per heavy atom. The number of benzene rings is 1. The lowest BCUT2D eigenvalue weighted by Crippen LogP contribution is -2.31. The summed E-state index contributed by atoms with van der Waals surface area (Å²) in [5, 5.41) is 0. The number of nitrogens with one attached hydrogen (secondary N) is 1. The SMILES string of the molecule is Cc1nc(N2CCCCC2)ncc1-c1cc(=O)[nH]c(N2c3ccccc3C[C@@H]2C)n1. The van der Waals surface area contributed by atoms with E-state index in [4.69, 9.17) is 9.97 Å². The average molecular weight is 403 g/mol. The molecule has 1 atom stereocenters. The van der Waals surface area contributed by atoms with E-state index in [0.29, 0.717) is 11.6 Å². The molecule has 1 N–H and O–H groups in total. The van der Waals surface area contributed by atoms with Crippen LogP contribution >= 0.6 is 0 Å². The number of anilines is 3. The summed E-state index contributed by atoms with van der Waals surface area (Å²) in [7, 11) is 0. The molecular formula is C23H26N6O. The van der Waals surface area contributed by atoms with Crippen LogP contribution in [0.5, 0.6) is 0 Å². The molecule has 0 radical (unpaired) electrons. The topological polar surface area (TPSA) is 78.0 Å². The van der Waals surface area contributed by atoms with Gasteiger partial charge in [-0.3, -0.25) is 9.78 Å². The fourth-order valence-corrected chi connectivity index (χ4v) is 4.54. The molecule has 0 saturated carbocycles. The second-order valence-electron chi connectivity index (χ2n) is 8.22. The summed E-state index contributed by atoms with van der Waals surface area (Å²) in [6.07, 6.45) is 6.36. The maximum Gasteiger partial charge on any atom is 0.252 e. The molecule has 2 aliphatic rings. The Balaban J connectivity index is 1.52. The van der Waals surface area contributed by atoms with E-state index in [-0.39, 0.29) is 11.6 Å². The minimum atomic E-state index is -0.175. The van der Waals surface area contributed by atoms with Crippen molar-refractivity contribution >= 4 is 17.6 Å². The summed E-state index contributed by atoms with van der Waals surface area (Å²) in [5.74, 6) is 1.33. The molecule has 1 saturated heterocycles. The molecule has 154 valence electrons. The van der Waals surface area contributed by atoms with Crippen molar-refractivity contribution in [2.45, 2.75) is 45.6 Å². The summed E-state index contributed by atoms with van der Waals surface area (Å²) in [5.41, 5.74) is 4.43. The molecular weight excluding hydrogens is 376 g/mol. The van der Waals surface area contributed by atoms with Crippen molar-refractivity contribution in [1.82, 2.24) is 19.9 Å². The molecule has 0 unspecified atom stereocenters. The Kier molecular flexibility index (Phi) is 4.73. The van der Waals surface area contributed by atoms with Gasteiger partial charge in [0.2, 0.25) is 11.9 Å². The predicted octanol–water partition coefficient (Wildman–Crippen LogP) is 3.61. The molecule has 7 heteroatoms. The van der Waals surface area contributed by atoms with Gasteiger partial charge in [-0.2, -0.15) is 0 Å². The van der Waals surface area contributed by atoms with E-state index in [2.05, 4.69) is 38.8 Å². The molecule has 0 bridgehead atoms. The lowest BCUT2D eigenvalue weighted by molar-refractivity contribution is 0.568. The van der Waals surface area contributed by atoms with Crippen molar-refractivity contribution in [3.8, 4) is 11.3 Å². The molecule has 0 amide bonds. The quantitative estimate of drug-likeness (QED) is 0.721. The first-order chi connectivity index (χ1) is 14.6. The molecule has 3 aromatic rings. The lowest BCUT2D eigenvalue weighted by Gasteiger charge is -2.27. The van der Waals surface area contributed by atoms with Crippen LogP contribution in [0.15, 0.2) is 41.3 Å². The van der Waals surface area contributed by atoms with Crippen LogP contribution in [0.4, 0.5) is 17.6 Å². The van der Waals surface area contributed by atoms with Crippen molar-refractivity contribution in [2.24, 2.45) is 0 Å². The number of aryl methyl sites for hydroxylation is 1. The van der Waals surface area contributed by atoms with E-state index in [1.165, 1.54) is 30.9 Å². The first-order valence-electron chi connectivity index (χ1n) is 10.7. The van der Waals surface area contributed by atoms with Crippen molar-refractivity contribution in [1.29, 1.82) is 0 Å². The second-order valence-corrected chi connectivity index (χ2v) is 8.22. The highest BCUT2D eigenvalue weighted by molar-refractivity contribution is 5.69. The largest absolute Gasteiger partial charge is 0.341 e. The molecule has 0 spiro atoms. The van der Waals surface area contributed by atoms with Crippen LogP contribution in [-0.2, 0) is 6.42 Å². The predicted molar refractivity (Wildman–Crippen MR) is 118 cm³/mol. The van der Waals surface area contributed by atoms with E-state index < -0.39 is 0 Å². The van der Waals surface area contributed by atoms with Crippen LogP contribution in [0.2, 0.25) is 0 Å². The van der Waals surface area contributed by atoms with E-state index in [0.717, 1.165) is 42.4 Å². The van der Waals surface area contributed by atoms with Gasteiger partial charge in [0.05, 0.1) is 11.4 Å². The van der Waals surface area contributed by atoms with Crippen molar-refractivity contribution < 1.29 is 0 Å². The number of piperidine rings is 1. The van der Waals surface area contributed by atoms with Crippen LogP contribution in [0.1, 0.15) is 37.4 Å². The van der Waals surface area contributed by atoms with Crippen LogP contribution < -0.4 is 15.4 Å². The molecule has 1 aromatic carbocycles. The molecule has 2 aromatic heterocycles. The molecule has 1 fully saturated rings. The zero-order valence-corrected chi connectivity index (χ0v) is 17.4. The number of rotatable bonds is 3. The maximum absolute atomic E-state index is 12.5. The lowest BCUT2D eigenvalue weighted by atomic mass is 10.1. The van der Waals surface area contributed by atoms with Gasteiger partial charge >= 0.3 is 0 Å². The van der Waals surface area contributed by atoms with Crippen molar-refractivity contribution in [3.05, 3.63) is 58.1 Å². The van der Waals surface area contributed by atoms with Crippen LogP contribution in [-0.4, -0.2) is 39.1 Å². The molecule has 2 aliphatic heterocycles. The van der Waals surface area contributed by atoms with Crippen LogP contribution in [0.25, 0.3) is 11.3 Å². The van der Waals surface area contributed by atoms with E-state index in [1.807, 2.05) is 19.1 Å². The minimum Gasteiger partial charge on any atom is -0.341 e. The van der Waals surface area contributed by atoms with Gasteiger partial charge in [-0.1, -0.05) is 18.2 Å². The monoisotopic (exact) mass is 402 g/mol. The zero-order chi connectivity index (χ0) is 20.7. The van der Waals surface area contributed by atoms with Crippen LogP contribution in [0, 0.1) is 6.92 Å². The third-order valence-corrected chi connectivity index (χ3v) is 6.05. The van der Waals surface area contributed by atoms with E-state index in [1.54, 1.807) is 6.20 Å². The Labute approximate surface area is 175 Å². The van der Waals surface area contributed by atoms with Gasteiger partial charge in [-0.05, 0) is 51.2 Å². The van der Waals surface area contributed by atoms with Gasteiger partial charge in [-0.15, -0.1) is 0 Å². The van der Waals surface area contributed by atoms with Gasteiger partial charge in [0, 0.05) is 42.6 Å². The normalized spacial score (nSPS) is 18.5. The molecule has 30 heavy (non-hydrogen) atoms. The number of hydrogen-bond acceptors (Lipinski definition) is 6. The summed E-state index contributed by atoms with van der Waals surface area (Å²) in [6.45, 7) is 6.10. The number of fused-ring (bicyclic) bond motifs is 1. The van der Waals surface area contributed by atoms with Gasteiger partial charge in [0.15, 0.2) is 0 Å².